The zero-order valence-electron chi connectivity index (χ0n) is 27.8. The number of carbonyl (C=O) groups excluding carboxylic acids is 2. The third kappa shape index (κ3) is 5.68. The first-order chi connectivity index (χ1) is 23.6. The van der Waals surface area contributed by atoms with Crippen LogP contribution in [-0.4, -0.2) is 26.2 Å². The van der Waals surface area contributed by atoms with Crippen LogP contribution in [0.15, 0.2) is 121 Å². The van der Waals surface area contributed by atoms with E-state index in [1.54, 1.807) is 0 Å². The fraction of sp³-hybridized carbons (Fsp3) is 0.171. The van der Waals surface area contributed by atoms with Crippen LogP contribution < -0.4 is 26.5 Å². The van der Waals surface area contributed by atoms with Crippen LogP contribution in [0.1, 0.15) is 27.8 Å². The van der Waals surface area contributed by atoms with Crippen molar-refractivity contribution < 1.29 is 28.2 Å². The highest BCUT2D eigenvalue weighted by Crippen LogP contribution is 2.50. The molecule has 6 nitrogen and oxygen atoms in total. The van der Waals surface area contributed by atoms with Crippen LogP contribution in [0.25, 0.3) is 0 Å². The maximum atomic E-state index is 16.1. The van der Waals surface area contributed by atoms with Crippen LogP contribution in [0.5, 0.6) is 0 Å². The molecule has 0 bridgehead atoms. The van der Waals surface area contributed by atoms with E-state index in [9.17, 15) is 9.59 Å². The highest BCUT2D eigenvalue weighted by atomic mass is 31.2. The van der Waals surface area contributed by atoms with Gasteiger partial charge in [-0.25, -0.2) is 0 Å². The van der Waals surface area contributed by atoms with Gasteiger partial charge in [0.1, 0.15) is 0 Å². The van der Waals surface area contributed by atoms with Gasteiger partial charge >= 0.3 is 11.9 Å². The fourth-order valence-corrected chi connectivity index (χ4v) is 12.1. The maximum absolute atomic E-state index is 16.1. The lowest BCUT2D eigenvalue weighted by molar-refractivity contribution is -0.168. The Hall–Kier alpha value is -4.94. The second kappa shape index (κ2) is 13.5. The topological polar surface area (TPSA) is 86.7 Å². The molecule has 0 saturated carbocycles. The minimum absolute atomic E-state index is 0.0190. The van der Waals surface area contributed by atoms with E-state index in [2.05, 4.69) is 11.6 Å². The smallest absolute Gasteiger partial charge is 0.323 e. The van der Waals surface area contributed by atoms with Crippen LogP contribution >= 0.6 is 14.3 Å². The third-order valence-electron chi connectivity index (χ3n) is 9.48. The van der Waals surface area contributed by atoms with E-state index >= 15 is 9.13 Å². The average molecular weight is 687 g/mol. The van der Waals surface area contributed by atoms with Gasteiger partial charge in [-0.05, 0) is 41.8 Å². The number of esters is 2. The first kappa shape index (κ1) is 33.9. The van der Waals surface area contributed by atoms with Crippen LogP contribution in [0, 0.1) is 30.8 Å². The molecule has 5 aromatic carbocycles. The minimum Gasteiger partial charge on any atom is -0.468 e. The number of hydrogen-bond acceptors (Lipinski definition) is 6. The standard InChI is InChI=1S/C41H36O6P2/c1-29-35(25-26-48(44,31-17-9-5-10-18-31)32-19-11-6-12-20-32)38(49(45,33-21-13-7-14-22-33)34-23-15-8-16-24-34)30(2)37-28-41(27-36(29)37,39(42)46-3)40(43)47-4/h5-24H,27-28H2,1-4H3. The summed E-state index contributed by atoms with van der Waals surface area (Å²) in [6.07, 6.45) is 0.0461. The number of ether oxygens (including phenoxy) is 2. The molecule has 0 radical (unpaired) electrons. The van der Waals surface area contributed by atoms with Gasteiger partial charge in [0.2, 0.25) is 7.14 Å². The molecule has 5 aromatic rings. The van der Waals surface area contributed by atoms with Crippen LogP contribution in [0.2, 0.25) is 0 Å². The highest BCUT2D eigenvalue weighted by Gasteiger charge is 2.54. The number of hydrogen-bond donors (Lipinski definition) is 0. The van der Waals surface area contributed by atoms with E-state index in [0.29, 0.717) is 43.2 Å². The Morgan fingerprint density at radius 2 is 0.959 bits per heavy atom. The van der Waals surface area contributed by atoms with E-state index in [4.69, 9.17) is 9.47 Å². The molecule has 0 atom stereocenters. The Balaban J connectivity index is 1.73. The molecule has 0 aromatic heterocycles. The molecule has 49 heavy (non-hydrogen) atoms. The van der Waals surface area contributed by atoms with E-state index in [1.165, 1.54) is 14.2 Å². The highest BCUT2D eigenvalue weighted by molar-refractivity contribution is 7.85. The van der Waals surface area contributed by atoms with E-state index in [0.717, 1.165) is 11.1 Å². The molecule has 0 saturated heterocycles. The zero-order valence-corrected chi connectivity index (χ0v) is 29.6. The monoisotopic (exact) mass is 686 g/mol. The van der Waals surface area contributed by atoms with Crippen LogP contribution in [0.4, 0.5) is 0 Å². The molecule has 0 unspecified atom stereocenters. The lowest BCUT2D eigenvalue weighted by atomic mass is 9.84. The van der Waals surface area contributed by atoms with Gasteiger partial charge in [-0.3, -0.25) is 14.2 Å². The minimum atomic E-state index is -3.66. The van der Waals surface area contributed by atoms with Gasteiger partial charge in [-0.15, -0.1) is 0 Å². The van der Waals surface area contributed by atoms with Gasteiger partial charge in [-0.2, -0.15) is 0 Å². The molecule has 246 valence electrons. The van der Waals surface area contributed by atoms with Gasteiger partial charge in [0.15, 0.2) is 12.6 Å². The summed E-state index contributed by atoms with van der Waals surface area (Å²) >= 11 is 0. The first-order valence-corrected chi connectivity index (χ1v) is 19.3. The molecular weight excluding hydrogens is 650 g/mol. The normalized spacial score (nSPS) is 13.5. The van der Waals surface area contributed by atoms with Crippen molar-refractivity contribution in [2.24, 2.45) is 5.41 Å². The largest absolute Gasteiger partial charge is 0.468 e. The molecule has 6 rings (SSSR count). The molecule has 8 heteroatoms. The third-order valence-corrected chi connectivity index (χ3v) is 15.2. The summed E-state index contributed by atoms with van der Waals surface area (Å²) in [4.78, 5) is 26.7. The van der Waals surface area contributed by atoms with Crippen molar-refractivity contribution in [3.63, 3.8) is 0 Å². The summed E-state index contributed by atoms with van der Waals surface area (Å²) < 4.78 is 41.5. The second-order valence-corrected chi connectivity index (χ2v) is 17.3. The number of carbonyl (C=O) groups is 2. The summed E-state index contributed by atoms with van der Waals surface area (Å²) in [5, 5.41) is 2.86. The van der Waals surface area contributed by atoms with Crippen LogP contribution in [-0.2, 0) is 41.0 Å². The van der Waals surface area contributed by atoms with Gasteiger partial charge in [0.25, 0.3) is 0 Å². The summed E-state index contributed by atoms with van der Waals surface area (Å²) in [6.45, 7) is 3.74. The van der Waals surface area contributed by atoms with Crippen molar-refractivity contribution in [3.8, 4) is 11.6 Å². The molecule has 0 aliphatic heterocycles. The number of fused-ring (bicyclic) bond motifs is 1. The molecule has 0 N–H and O–H groups in total. The zero-order chi connectivity index (χ0) is 34.8. The van der Waals surface area contributed by atoms with Gasteiger partial charge in [0.05, 0.1) is 14.2 Å². The Bertz CT molecular complexity index is 2100. The van der Waals surface area contributed by atoms with E-state index in [-0.39, 0.29) is 12.8 Å². The summed E-state index contributed by atoms with van der Waals surface area (Å²) in [7, 11) is -4.69. The van der Waals surface area contributed by atoms with Crippen molar-refractivity contribution in [3.05, 3.63) is 149 Å². The molecular formula is C41H36O6P2. The SMILES string of the molecule is COC(=O)C1(C(=O)OC)Cc2c(C)c(C#CP(=O)(c3ccccc3)c3ccccc3)c(P(=O)(c3ccccc3)c3ccccc3)c(C)c2C1. The predicted octanol–water partition coefficient (Wildman–Crippen LogP) is 5.70. The molecule has 0 spiro atoms. The summed E-state index contributed by atoms with van der Waals surface area (Å²) in [6, 6.07) is 36.8. The maximum Gasteiger partial charge on any atom is 0.323 e. The molecule has 1 aliphatic rings. The van der Waals surface area contributed by atoms with Gasteiger partial charge < -0.3 is 14.0 Å². The van der Waals surface area contributed by atoms with E-state index in [1.807, 2.05) is 135 Å². The summed E-state index contributed by atoms with van der Waals surface area (Å²) in [5.74, 6) is 1.93. The average Bonchev–Trinajstić information content (AvgIpc) is 3.59. The quantitative estimate of drug-likeness (QED) is 0.0946. The van der Waals surface area contributed by atoms with Crippen molar-refractivity contribution in [2.45, 2.75) is 26.7 Å². The van der Waals surface area contributed by atoms with Crippen molar-refractivity contribution in [2.75, 3.05) is 14.2 Å². The fourth-order valence-electron chi connectivity index (χ4n) is 6.94. The predicted molar refractivity (Wildman–Crippen MR) is 196 cm³/mol. The van der Waals surface area contributed by atoms with Gasteiger partial charge in [0, 0.05) is 44.9 Å². The Kier molecular flexibility index (Phi) is 9.37. The summed E-state index contributed by atoms with van der Waals surface area (Å²) in [5.41, 5.74) is 4.85. The molecule has 1 aliphatic carbocycles. The molecule has 0 fully saturated rings. The molecule has 0 amide bonds. The molecule has 0 heterocycles. The number of methoxy groups -OCH3 is 2. The number of benzene rings is 5. The van der Waals surface area contributed by atoms with Crippen LogP contribution in [0.3, 0.4) is 0 Å². The Morgan fingerprint density at radius 1 is 0.592 bits per heavy atom. The Morgan fingerprint density at radius 3 is 1.35 bits per heavy atom. The lowest BCUT2D eigenvalue weighted by Gasteiger charge is -2.26. The lowest BCUT2D eigenvalue weighted by Crippen LogP contribution is -2.42. The van der Waals surface area contributed by atoms with Crippen molar-refractivity contribution in [1.29, 1.82) is 0 Å². The van der Waals surface area contributed by atoms with Gasteiger partial charge in [-0.1, -0.05) is 127 Å². The van der Waals surface area contributed by atoms with Crippen molar-refractivity contribution >= 4 is 52.7 Å². The second-order valence-electron chi connectivity index (χ2n) is 12.1. The number of rotatable bonds is 7. The first-order valence-electron chi connectivity index (χ1n) is 15.9. The van der Waals surface area contributed by atoms with E-state index < -0.39 is 31.6 Å². The van der Waals surface area contributed by atoms with Crippen molar-refractivity contribution in [1.82, 2.24) is 0 Å². The Labute approximate surface area is 287 Å².